The Labute approximate surface area is 87.9 Å². The molecular formula is C11H10N4. The molecule has 0 aliphatic heterocycles. The van der Waals surface area contributed by atoms with Crippen LogP contribution in [0, 0.1) is 19.3 Å². The fourth-order valence-electron chi connectivity index (χ4n) is 1.21. The molecular weight excluding hydrogens is 188 g/mol. The molecule has 0 radical (unpaired) electrons. The number of rotatable bonds is 2. The quantitative estimate of drug-likeness (QED) is 0.683. The number of tetrazole rings is 1. The molecule has 0 atom stereocenters. The Morgan fingerprint density at radius 1 is 1.33 bits per heavy atom. The van der Waals surface area contributed by atoms with Crippen molar-refractivity contribution in [1.82, 2.24) is 20.2 Å². The van der Waals surface area contributed by atoms with Crippen molar-refractivity contribution in [2.45, 2.75) is 13.5 Å². The van der Waals surface area contributed by atoms with Gasteiger partial charge in [-0.25, -0.2) is 0 Å². The van der Waals surface area contributed by atoms with Gasteiger partial charge in [-0.1, -0.05) is 35.7 Å². The van der Waals surface area contributed by atoms with Gasteiger partial charge < -0.3 is 0 Å². The minimum atomic E-state index is 0.346. The minimum absolute atomic E-state index is 0.346. The van der Waals surface area contributed by atoms with Gasteiger partial charge in [-0.2, -0.15) is 4.80 Å². The third-order valence-corrected chi connectivity index (χ3v) is 2.00. The summed E-state index contributed by atoms with van der Waals surface area (Å²) in [5.41, 5.74) is 2.15. The lowest BCUT2D eigenvalue weighted by Crippen LogP contribution is -1.99. The highest BCUT2D eigenvalue weighted by Gasteiger charge is 2.03. The van der Waals surface area contributed by atoms with Gasteiger partial charge in [0.25, 0.3) is 0 Å². The fraction of sp³-hybridized carbons (Fsp3) is 0.182. The van der Waals surface area contributed by atoms with E-state index in [1.807, 2.05) is 31.2 Å². The first-order valence-corrected chi connectivity index (χ1v) is 4.58. The molecule has 15 heavy (non-hydrogen) atoms. The van der Waals surface area contributed by atoms with Gasteiger partial charge >= 0.3 is 0 Å². The molecule has 0 bridgehead atoms. The number of aryl methyl sites for hydroxylation is 1. The van der Waals surface area contributed by atoms with E-state index in [4.69, 9.17) is 6.42 Å². The van der Waals surface area contributed by atoms with Crippen LogP contribution in [-0.2, 0) is 6.54 Å². The summed E-state index contributed by atoms with van der Waals surface area (Å²) >= 11 is 0. The Bertz CT molecular complexity index is 490. The van der Waals surface area contributed by atoms with Crippen molar-refractivity contribution in [1.29, 1.82) is 0 Å². The lowest BCUT2D eigenvalue weighted by Gasteiger charge is -1.94. The van der Waals surface area contributed by atoms with Crippen molar-refractivity contribution in [3.05, 3.63) is 29.8 Å². The highest BCUT2D eigenvalue weighted by molar-refractivity contribution is 5.53. The molecule has 4 heteroatoms. The summed E-state index contributed by atoms with van der Waals surface area (Å²) in [5, 5.41) is 11.9. The van der Waals surface area contributed by atoms with E-state index in [2.05, 4.69) is 21.3 Å². The van der Waals surface area contributed by atoms with E-state index in [1.54, 1.807) is 0 Å². The van der Waals surface area contributed by atoms with Crippen molar-refractivity contribution < 1.29 is 0 Å². The number of hydrogen-bond acceptors (Lipinski definition) is 3. The van der Waals surface area contributed by atoms with E-state index in [0.29, 0.717) is 12.4 Å². The molecule has 4 nitrogen and oxygen atoms in total. The monoisotopic (exact) mass is 198 g/mol. The van der Waals surface area contributed by atoms with Gasteiger partial charge in [-0.15, -0.1) is 16.6 Å². The second-order valence-electron chi connectivity index (χ2n) is 3.21. The lowest BCUT2D eigenvalue weighted by molar-refractivity contribution is 0.592. The van der Waals surface area contributed by atoms with Gasteiger partial charge in [0, 0.05) is 5.56 Å². The van der Waals surface area contributed by atoms with Gasteiger partial charge in [0.15, 0.2) is 0 Å². The van der Waals surface area contributed by atoms with Crippen molar-refractivity contribution in [3.63, 3.8) is 0 Å². The number of aromatic nitrogens is 4. The Balaban J connectivity index is 2.30. The SMILES string of the molecule is C#CCn1nnc(-c2ccc(C)cc2)n1. The van der Waals surface area contributed by atoms with E-state index in [1.165, 1.54) is 10.4 Å². The average Bonchev–Trinajstić information content (AvgIpc) is 2.68. The zero-order valence-corrected chi connectivity index (χ0v) is 8.38. The molecule has 0 N–H and O–H groups in total. The molecule has 1 heterocycles. The van der Waals surface area contributed by atoms with Gasteiger partial charge in [0.1, 0.15) is 6.54 Å². The molecule has 2 aromatic rings. The van der Waals surface area contributed by atoms with Crippen LogP contribution in [0.5, 0.6) is 0 Å². The first kappa shape index (κ1) is 9.41. The van der Waals surface area contributed by atoms with Crippen LogP contribution in [0.15, 0.2) is 24.3 Å². The Morgan fingerprint density at radius 3 is 2.73 bits per heavy atom. The van der Waals surface area contributed by atoms with E-state index in [0.717, 1.165) is 5.56 Å². The summed E-state index contributed by atoms with van der Waals surface area (Å²) in [6, 6.07) is 7.95. The topological polar surface area (TPSA) is 43.6 Å². The summed E-state index contributed by atoms with van der Waals surface area (Å²) < 4.78 is 0. The first-order chi connectivity index (χ1) is 7.29. The van der Waals surface area contributed by atoms with Crippen LogP contribution in [0.1, 0.15) is 5.56 Å². The molecule has 1 aromatic heterocycles. The van der Waals surface area contributed by atoms with Crippen LogP contribution < -0.4 is 0 Å². The minimum Gasteiger partial charge on any atom is -0.152 e. The second-order valence-corrected chi connectivity index (χ2v) is 3.21. The largest absolute Gasteiger partial charge is 0.204 e. The van der Waals surface area contributed by atoms with Crippen LogP contribution in [0.4, 0.5) is 0 Å². The predicted octanol–water partition coefficient (Wildman–Crippen LogP) is 1.28. The van der Waals surface area contributed by atoms with Crippen LogP contribution in [0.2, 0.25) is 0 Å². The van der Waals surface area contributed by atoms with Gasteiger partial charge in [0.05, 0.1) is 0 Å². The van der Waals surface area contributed by atoms with Crippen molar-refractivity contribution in [3.8, 4) is 23.7 Å². The molecule has 1 aromatic carbocycles. The van der Waals surface area contributed by atoms with Crippen molar-refractivity contribution >= 4 is 0 Å². The van der Waals surface area contributed by atoms with E-state index in [-0.39, 0.29) is 0 Å². The maximum atomic E-state index is 5.15. The summed E-state index contributed by atoms with van der Waals surface area (Å²) in [4.78, 5) is 1.40. The third kappa shape index (κ3) is 2.02. The van der Waals surface area contributed by atoms with Gasteiger partial charge in [0.2, 0.25) is 5.82 Å². The Hall–Kier alpha value is -2.15. The van der Waals surface area contributed by atoms with Crippen LogP contribution in [0.25, 0.3) is 11.4 Å². The molecule has 0 amide bonds. The number of terminal acetylenes is 1. The first-order valence-electron chi connectivity index (χ1n) is 4.58. The number of benzene rings is 1. The molecule has 0 aliphatic rings. The van der Waals surface area contributed by atoms with Crippen LogP contribution >= 0.6 is 0 Å². The third-order valence-electron chi connectivity index (χ3n) is 2.00. The van der Waals surface area contributed by atoms with Crippen molar-refractivity contribution in [2.75, 3.05) is 0 Å². The molecule has 2 rings (SSSR count). The highest BCUT2D eigenvalue weighted by atomic mass is 15.6. The Kier molecular flexibility index (Phi) is 2.46. The molecule has 0 aliphatic carbocycles. The summed E-state index contributed by atoms with van der Waals surface area (Å²) in [6.45, 7) is 2.38. The van der Waals surface area contributed by atoms with E-state index in [9.17, 15) is 0 Å². The van der Waals surface area contributed by atoms with Crippen molar-refractivity contribution in [2.24, 2.45) is 0 Å². The maximum Gasteiger partial charge on any atom is 0.204 e. The second kappa shape index (κ2) is 3.93. The normalized spacial score (nSPS) is 9.87. The molecule has 0 fully saturated rings. The lowest BCUT2D eigenvalue weighted by atomic mass is 10.1. The molecule has 0 spiro atoms. The molecule has 0 saturated carbocycles. The number of nitrogens with zero attached hydrogens (tertiary/aromatic N) is 4. The van der Waals surface area contributed by atoms with Gasteiger partial charge in [-0.05, 0) is 12.1 Å². The molecule has 0 unspecified atom stereocenters. The van der Waals surface area contributed by atoms with E-state index >= 15 is 0 Å². The maximum absolute atomic E-state index is 5.15. The van der Waals surface area contributed by atoms with Gasteiger partial charge in [-0.3, -0.25) is 0 Å². The standard InChI is InChI=1S/C11H10N4/c1-3-8-15-13-11(12-14-15)10-6-4-9(2)5-7-10/h1,4-7H,8H2,2H3. The average molecular weight is 198 g/mol. The zero-order valence-electron chi connectivity index (χ0n) is 8.38. The zero-order chi connectivity index (χ0) is 10.7. The van der Waals surface area contributed by atoms with Crippen LogP contribution in [-0.4, -0.2) is 20.2 Å². The summed E-state index contributed by atoms with van der Waals surface area (Å²) in [5.74, 6) is 3.06. The predicted molar refractivity (Wildman–Crippen MR) is 56.8 cm³/mol. The van der Waals surface area contributed by atoms with Crippen LogP contribution in [0.3, 0.4) is 0 Å². The summed E-state index contributed by atoms with van der Waals surface area (Å²) in [7, 11) is 0. The van der Waals surface area contributed by atoms with E-state index < -0.39 is 0 Å². The smallest absolute Gasteiger partial charge is 0.152 e. The fourth-order valence-corrected chi connectivity index (χ4v) is 1.21. The summed E-state index contributed by atoms with van der Waals surface area (Å²) in [6.07, 6.45) is 5.15. The molecule has 0 saturated heterocycles. The molecule has 74 valence electrons. The number of hydrogen-bond donors (Lipinski definition) is 0. The Morgan fingerprint density at radius 2 is 2.07 bits per heavy atom. The highest BCUT2D eigenvalue weighted by Crippen LogP contribution is 2.13.